The highest BCUT2D eigenvalue weighted by Crippen LogP contribution is 2.24. The average molecular weight is 240 g/mol. The molecule has 0 aliphatic carbocycles. The highest BCUT2D eigenvalue weighted by atomic mass is 16.4. The molecule has 1 rings (SSSR count). The van der Waals surface area contributed by atoms with Gasteiger partial charge in [0.25, 0.3) is 0 Å². The van der Waals surface area contributed by atoms with E-state index >= 15 is 0 Å². The highest BCUT2D eigenvalue weighted by Gasteiger charge is 2.20. The molecule has 1 aromatic rings. The number of rotatable bonds is 5. The van der Waals surface area contributed by atoms with Crippen LogP contribution in [0.3, 0.4) is 0 Å². The number of aryl methyl sites for hydroxylation is 1. The number of benzene rings is 1. The molecule has 0 saturated heterocycles. The van der Waals surface area contributed by atoms with E-state index in [4.69, 9.17) is 10.2 Å². The molecular formula is C11H12O6. The maximum absolute atomic E-state index is 10.7. The monoisotopic (exact) mass is 240 g/mol. The fourth-order valence-electron chi connectivity index (χ4n) is 1.44. The molecule has 0 saturated carbocycles. The van der Waals surface area contributed by atoms with Crippen molar-refractivity contribution >= 4 is 11.9 Å². The summed E-state index contributed by atoms with van der Waals surface area (Å²) < 4.78 is 0. The van der Waals surface area contributed by atoms with E-state index in [0.717, 1.165) is 6.07 Å². The first-order valence-corrected chi connectivity index (χ1v) is 4.86. The largest absolute Gasteiger partial charge is 0.508 e. The lowest BCUT2D eigenvalue weighted by Gasteiger charge is -2.12. The van der Waals surface area contributed by atoms with Crippen LogP contribution in [-0.2, 0) is 16.0 Å². The quantitative estimate of drug-likeness (QED) is 0.596. The Balaban J connectivity index is 3.03. The first-order valence-electron chi connectivity index (χ1n) is 4.86. The number of hydrogen-bond donors (Lipinski definition) is 4. The van der Waals surface area contributed by atoms with Crippen molar-refractivity contribution in [1.82, 2.24) is 0 Å². The normalized spacial score (nSPS) is 12.1. The van der Waals surface area contributed by atoms with Crippen LogP contribution in [0.15, 0.2) is 18.2 Å². The van der Waals surface area contributed by atoms with Gasteiger partial charge in [-0.3, -0.25) is 4.79 Å². The number of hydrogen-bond acceptors (Lipinski definition) is 4. The van der Waals surface area contributed by atoms with Gasteiger partial charge in [0, 0.05) is 6.42 Å². The van der Waals surface area contributed by atoms with Gasteiger partial charge in [-0.2, -0.15) is 0 Å². The van der Waals surface area contributed by atoms with E-state index < -0.39 is 18.0 Å². The van der Waals surface area contributed by atoms with Gasteiger partial charge in [0.05, 0.1) is 0 Å². The molecule has 1 unspecified atom stereocenters. The number of phenols is 1. The second-order valence-corrected chi connectivity index (χ2v) is 3.52. The first kappa shape index (κ1) is 13.0. The molecule has 6 nitrogen and oxygen atoms in total. The lowest BCUT2D eigenvalue weighted by molar-refractivity contribution is -0.147. The Bertz CT molecular complexity index is 440. The van der Waals surface area contributed by atoms with Crippen LogP contribution in [0, 0.1) is 0 Å². The van der Waals surface area contributed by atoms with Crippen molar-refractivity contribution in [3.8, 4) is 5.75 Å². The minimum atomic E-state index is -1.77. The molecule has 1 atom stereocenters. The molecule has 0 aliphatic heterocycles. The minimum absolute atomic E-state index is 0.0127. The topological polar surface area (TPSA) is 115 Å². The van der Waals surface area contributed by atoms with Crippen molar-refractivity contribution in [1.29, 1.82) is 0 Å². The van der Waals surface area contributed by atoms with E-state index in [2.05, 4.69) is 0 Å². The van der Waals surface area contributed by atoms with E-state index in [1.165, 1.54) is 12.1 Å². The van der Waals surface area contributed by atoms with Gasteiger partial charge in [0.15, 0.2) is 6.10 Å². The van der Waals surface area contributed by atoms with Gasteiger partial charge in [-0.1, -0.05) is 6.07 Å². The number of aliphatic hydroxyl groups excluding tert-OH is 1. The molecule has 92 valence electrons. The van der Waals surface area contributed by atoms with Crippen molar-refractivity contribution in [3.05, 3.63) is 29.3 Å². The SMILES string of the molecule is O=C(O)CCc1ccc(O)cc1C(O)C(=O)O. The van der Waals surface area contributed by atoms with Crippen LogP contribution in [0.1, 0.15) is 23.7 Å². The molecule has 1 aromatic carbocycles. The van der Waals surface area contributed by atoms with Crippen LogP contribution in [0.2, 0.25) is 0 Å². The summed E-state index contributed by atoms with van der Waals surface area (Å²) in [5.74, 6) is -2.65. The van der Waals surface area contributed by atoms with Crippen molar-refractivity contribution in [2.45, 2.75) is 18.9 Å². The second-order valence-electron chi connectivity index (χ2n) is 3.52. The Morgan fingerprint density at radius 1 is 1.24 bits per heavy atom. The maximum Gasteiger partial charge on any atom is 0.337 e. The molecule has 0 spiro atoms. The lowest BCUT2D eigenvalue weighted by atomic mass is 9.98. The van der Waals surface area contributed by atoms with Crippen LogP contribution in [0.25, 0.3) is 0 Å². The van der Waals surface area contributed by atoms with Crippen molar-refractivity contribution in [2.24, 2.45) is 0 Å². The summed E-state index contributed by atoms with van der Waals surface area (Å²) in [6, 6.07) is 3.84. The number of carboxylic acid groups (broad SMARTS) is 2. The molecule has 0 fully saturated rings. The van der Waals surface area contributed by atoms with Crippen LogP contribution in [-0.4, -0.2) is 32.4 Å². The standard InChI is InChI=1S/C11H12O6/c12-7-3-1-6(2-4-9(13)14)8(5-7)10(15)11(16)17/h1,3,5,10,12,15H,2,4H2,(H,13,14)(H,16,17). The molecule has 0 heterocycles. The zero-order chi connectivity index (χ0) is 13.0. The summed E-state index contributed by atoms with van der Waals surface area (Å²) in [5, 5.41) is 35.9. The molecule has 0 amide bonds. The van der Waals surface area contributed by atoms with Crippen molar-refractivity contribution in [3.63, 3.8) is 0 Å². The van der Waals surface area contributed by atoms with E-state index in [1.807, 2.05) is 0 Å². The molecule has 0 bridgehead atoms. The average Bonchev–Trinajstić information content (AvgIpc) is 2.26. The second kappa shape index (κ2) is 5.31. The zero-order valence-electron chi connectivity index (χ0n) is 8.83. The Hall–Kier alpha value is -2.08. The van der Waals surface area contributed by atoms with Crippen LogP contribution in [0.5, 0.6) is 5.75 Å². The number of aliphatic hydroxyl groups is 1. The van der Waals surface area contributed by atoms with E-state index in [-0.39, 0.29) is 24.2 Å². The Kier molecular flexibility index (Phi) is 4.06. The maximum atomic E-state index is 10.7. The van der Waals surface area contributed by atoms with Gasteiger partial charge < -0.3 is 20.4 Å². The predicted octanol–water partition coefficient (Wildman–Crippen LogP) is 0.527. The number of phenolic OH excluding ortho intramolecular Hbond substituents is 1. The fraction of sp³-hybridized carbons (Fsp3) is 0.273. The van der Waals surface area contributed by atoms with Crippen LogP contribution < -0.4 is 0 Å². The van der Waals surface area contributed by atoms with E-state index in [0.29, 0.717) is 5.56 Å². The predicted molar refractivity (Wildman–Crippen MR) is 56.7 cm³/mol. The summed E-state index contributed by atoms with van der Waals surface area (Å²) >= 11 is 0. The molecule has 6 heteroatoms. The van der Waals surface area contributed by atoms with Gasteiger partial charge in [0.1, 0.15) is 5.75 Å². The molecule has 0 aliphatic rings. The zero-order valence-corrected chi connectivity index (χ0v) is 8.83. The fourth-order valence-corrected chi connectivity index (χ4v) is 1.44. The van der Waals surface area contributed by atoms with Crippen molar-refractivity contribution in [2.75, 3.05) is 0 Å². The molecule has 4 N–H and O–H groups in total. The van der Waals surface area contributed by atoms with Crippen molar-refractivity contribution < 1.29 is 30.0 Å². The van der Waals surface area contributed by atoms with Gasteiger partial charge in [-0.15, -0.1) is 0 Å². The summed E-state index contributed by atoms with van der Waals surface area (Å²) in [6.07, 6.45) is -1.86. The third kappa shape index (κ3) is 3.46. The van der Waals surface area contributed by atoms with Gasteiger partial charge >= 0.3 is 11.9 Å². The molecule has 17 heavy (non-hydrogen) atoms. The number of carbonyl (C=O) groups is 2. The first-order chi connectivity index (χ1) is 7.91. The molecule has 0 radical (unpaired) electrons. The number of aliphatic carboxylic acids is 2. The third-order valence-electron chi connectivity index (χ3n) is 2.27. The van der Waals surface area contributed by atoms with Crippen LogP contribution >= 0.6 is 0 Å². The number of carboxylic acids is 2. The van der Waals surface area contributed by atoms with E-state index in [1.54, 1.807) is 0 Å². The summed E-state index contributed by atoms with van der Waals surface area (Å²) in [7, 11) is 0. The smallest absolute Gasteiger partial charge is 0.337 e. The molecular weight excluding hydrogens is 228 g/mol. The van der Waals surface area contributed by atoms with E-state index in [9.17, 15) is 19.8 Å². The van der Waals surface area contributed by atoms with Gasteiger partial charge in [-0.05, 0) is 29.7 Å². The van der Waals surface area contributed by atoms with Crippen LogP contribution in [0.4, 0.5) is 0 Å². The summed E-state index contributed by atoms with van der Waals surface area (Å²) in [5.41, 5.74) is 0.402. The van der Waals surface area contributed by atoms with Gasteiger partial charge in [-0.25, -0.2) is 4.79 Å². The summed E-state index contributed by atoms with van der Waals surface area (Å²) in [6.45, 7) is 0. The minimum Gasteiger partial charge on any atom is -0.508 e. The molecule has 0 aromatic heterocycles. The Labute approximate surface area is 96.8 Å². The highest BCUT2D eigenvalue weighted by molar-refractivity contribution is 5.75. The lowest BCUT2D eigenvalue weighted by Crippen LogP contribution is -2.13. The number of aromatic hydroxyl groups is 1. The Morgan fingerprint density at radius 2 is 1.88 bits per heavy atom. The third-order valence-corrected chi connectivity index (χ3v) is 2.27. The summed E-state index contributed by atoms with van der Waals surface area (Å²) in [4.78, 5) is 21.1. The van der Waals surface area contributed by atoms with Gasteiger partial charge in [0.2, 0.25) is 0 Å². The Morgan fingerprint density at radius 3 is 2.41 bits per heavy atom.